The topological polar surface area (TPSA) is 12.9 Å². The number of nitrogens with zero attached hydrogens (tertiary/aromatic N) is 1. The van der Waals surface area contributed by atoms with Gasteiger partial charge in [0.2, 0.25) is 0 Å². The first-order valence-electron chi connectivity index (χ1n) is 5.30. The summed E-state index contributed by atoms with van der Waals surface area (Å²) in [7, 11) is 0. The van der Waals surface area contributed by atoms with Gasteiger partial charge >= 0.3 is 0 Å². The fourth-order valence-corrected chi connectivity index (χ4v) is 2.52. The third-order valence-corrected chi connectivity index (χ3v) is 3.31. The molecule has 0 aliphatic rings. The normalized spacial score (nSPS) is 11.1. The number of aryl methyl sites for hydroxylation is 2. The standard InChI is InChI=1S/C13H13ClFN/c1-4-9-8(3)16-13-10(15)6-5-7(2)11(13)12(9)14/h5-6H,4H2,1-3H3. The Balaban J connectivity index is 2.98. The van der Waals surface area contributed by atoms with Crippen LogP contribution >= 0.6 is 11.6 Å². The first-order valence-corrected chi connectivity index (χ1v) is 5.67. The molecule has 0 saturated heterocycles. The van der Waals surface area contributed by atoms with Crippen LogP contribution in [0.5, 0.6) is 0 Å². The van der Waals surface area contributed by atoms with Crippen molar-refractivity contribution in [1.82, 2.24) is 4.98 Å². The first kappa shape index (κ1) is 11.3. The number of rotatable bonds is 1. The molecule has 2 aromatic rings. The lowest BCUT2D eigenvalue weighted by Gasteiger charge is -2.11. The number of halogens is 2. The SMILES string of the molecule is CCc1c(C)nc2c(F)ccc(C)c2c1Cl. The fraction of sp³-hybridized carbons (Fsp3) is 0.308. The molecule has 0 fully saturated rings. The molecule has 0 atom stereocenters. The van der Waals surface area contributed by atoms with Gasteiger partial charge in [-0.3, -0.25) is 0 Å². The zero-order valence-electron chi connectivity index (χ0n) is 9.56. The van der Waals surface area contributed by atoms with Gasteiger partial charge in [-0.15, -0.1) is 0 Å². The van der Waals surface area contributed by atoms with Crippen LogP contribution in [0, 0.1) is 19.7 Å². The van der Waals surface area contributed by atoms with Gasteiger partial charge in [-0.25, -0.2) is 9.37 Å². The number of hydrogen-bond donors (Lipinski definition) is 0. The van der Waals surface area contributed by atoms with E-state index in [2.05, 4.69) is 4.98 Å². The Labute approximate surface area is 99.3 Å². The van der Waals surface area contributed by atoms with Crippen LogP contribution in [0.1, 0.15) is 23.7 Å². The van der Waals surface area contributed by atoms with E-state index < -0.39 is 0 Å². The minimum Gasteiger partial charge on any atom is -0.250 e. The van der Waals surface area contributed by atoms with Crippen LogP contribution < -0.4 is 0 Å². The molecule has 0 radical (unpaired) electrons. The van der Waals surface area contributed by atoms with E-state index in [1.165, 1.54) is 6.07 Å². The Morgan fingerprint density at radius 3 is 2.62 bits per heavy atom. The minimum absolute atomic E-state index is 0.312. The van der Waals surface area contributed by atoms with Crippen LogP contribution in [-0.2, 0) is 6.42 Å². The van der Waals surface area contributed by atoms with E-state index in [1.54, 1.807) is 6.07 Å². The lowest BCUT2D eigenvalue weighted by molar-refractivity contribution is 0.636. The van der Waals surface area contributed by atoms with Gasteiger partial charge in [-0.1, -0.05) is 24.6 Å². The van der Waals surface area contributed by atoms with Crippen molar-refractivity contribution in [2.45, 2.75) is 27.2 Å². The van der Waals surface area contributed by atoms with Crippen LogP contribution in [0.4, 0.5) is 4.39 Å². The van der Waals surface area contributed by atoms with Crippen molar-refractivity contribution in [3.05, 3.63) is 39.8 Å². The average molecular weight is 238 g/mol. The molecule has 0 aliphatic carbocycles. The molecule has 84 valence electrons. The molecule has 0 bridgehead atoms. The number of benzene rings is 1. The van der Waals surface area contributed by atoms with E-state index >= 15 is 0 Å². The lowest BCUT2D eigenvalue weighted by atomic mass is 10.0. The number of aromatic nitrogens is 1. The van der Waals surface area contributed by atoms with Gasteiger partial charge in [0.05, 0.1) is 5.02 Å². The molecule has 16 heavy (non-hydrogen) atoms. The van der Waals surface area contributed by atoms with Crippen molar-refractivity contribution in [3.63, 3.8) is 0 Å². The maximum Gasteiger partial charge on any atom is 0.149 e. The molecule has 2 rings (SSSR count). The highest BCUT2D eigenvalue weighted by Crippen LogP contribution is 2.32. The first-order chi connectivity index (χ1) is 7.56. The lowest BCUT2D eigenvalue weighted by Crippen LogP contribution is -1.97. The molecule has 0 aliphatic heterocycles. The van der Waals surface area contributed by atoms with Gasteiger partial charge in [0.1, 0.15) is 11.3 Å². The number of pyridine rings is 1. The maximum atomic E-state index is 13.6. The average Bonchev–Trinajstić information content (AvgIpc) is 2.24. The van der Waals surface area contributed by atoms with Gasteiger partial charge in [0.25, 0.3) is 0 Å². The Morgan fingerprint density at radius 1 is 1.31 bits per heavy atom. The fourth-order valence-electron chi connectivity index (χ4n) is 2.01. The van der Waals surface area contributed by atoms with E-state index in [4.69, 9.17) is 11.6 Å². The molecule has 1 heterocycles. The summed E-state index contributed by atoms with van der Waals surface area (Å²) >= 11 is 6.32. The summed E-state index contributed by atoms with van der Waals surface area (Å²) in [5, 5.41) is 1.38. The summed E-state index contributed by atoms with van der Waals surface area (Å²) in [6, 6.07) is 3.17. The third-order valence-electron chi connectivity index (χ3n) is 2.89. The predicted octanol–water partition coefficient (Wildman–Crippen LogP) is 4.21. The minimum atomic E-state index is -0.312. The van der Waals surface area contributed by atoms with Gasteiger partial charge in [-0.2, -0.15) is 0 Å². The van der Waals surface area contributed by atoms with Crippen molar-refractivity contribution >= 4 is 22.5 Å². The molecular weight excluding hydrogens is 225 g/mol. The van der Waals surface area contributed by atoms with Crippen molar-refractivity contribution in [2.24, 2.45) is 0 Å². The molecule has 0 N–H and O–H groups in total. The Kier molecular flexibility index (Phi) is 2.85. The summed E-state index contributed by atoms with van der Waals surface area (Å²) in [5.41, 5.74) is 3.15. The Bertz CT molecular complexity index is 564. The summed E-state index contributed by atoms with van der Waals surface area (Å²) < 4.78 is 13.6. The summed E-state index contributed by atoms with van der Waals surface area (Å²) in [6.45, 7) is 5.81. The highest BCUT2D eigenvalue weighted by atomic mass is 35.5. The molecule has 0 spiro atoms. The van der Waals surface area contributed by atoms with Crippen molar-refractivity contribution in [1.29, 1.82) is 0 Å². The smallest absolute Gasteiger partial charge is 0.149 e. The molecule has 1 aromatic carbocycles. The van der Waals surface area contributed by atoms with E-state index in [1.807, 2.05) is 20.8 Å². The van der Waals surface area contributed by atoms with Crippen LogP contribution in [-0.4, -0.2) is 4.98 Å². The van der Waals surface area contributed by atoms with Crippen LogP contribution in [0.25, 0.3) is 10.9 Å². The molecule has 0 unspecified atom stereocenters. The zero-order valence-corrected chi connectivity index (χ0v) is 10.3. The van der Waals surface area contributed by atoms with E-state index in [0.29, 0.717) is 10.5 Å². The molecule has 0 amide bonds. The monoisotopic (exact) mass is 237 g/mol. The van der Waals surface area contributed by atoms with E-state index in [0.717, 1.165) is 28.6 Å². The summed E-state index contributed by atoms with van der Waals surface area (Å²) in [5.74, 6) is -0.312. The van der Waals surface area contributed by atoms with E-state index in [-0.39, 0.29) is 5.82 Å². The van der Waals surface area contributed by atoms with Crippen molar-refractivity contribution in [3.8, 4) is 0 Å². The van der Waals surface area contributed by atoms with Crippen molar-refractivity contribution < 1.29 is 4.39 Å². The summed E-state index contributed by atoms with van der Waals surface area (Å²) in [6.07, 6.45) is 0.809. The third kappa shape index (κ3) is 1.57. The second kappa shape index (κ2) is 4.02. The van der Waals surface area contributed by atoms with E-state index in [9.17, 15) is 4.39 Å². The van der Waals surface area contributed by atoms with Crippen LogP contribution in [0.15, 0.2) is 12.1 Å². The number of fused-ring (bicyclic) bond motifs is 1. The van der Waals surface area contributed by atoms with Gasteiger partial charge in [0, 0.05) is 11.1 Å². The Morgan fingerprint density at radius 2 is 2.00 bits per heavy atom. The molecule has 0 saturated carbocycles. The highest BCUT2D eigenvalue weighted by molar-refractivity contribution is 6.36. The zero-order chi connectivity index (χ0) is 11.9. The Hall–Kier alpha value is -1.15. The maximum absolute atomic E-state index is 13.6. The summed E-state index contributed by atoms with van der Waals surface area (Å²) in [4.78, 5) is 4.31. The quantitative estimate of drug-likeness (QED) is 0.724. The highest BCUT2D eigenvalue weighted by Gasteiger charge is 2.13. The predicted molar refractivity (Wildman–Crippen MR) is 65.6 cm³/mol. The molecule has 1 aromatic heterocycles. The van der Waals surface area contributed by atoms with Crippen LogP contribution in [0.2, 0.25) is 5.02 Å². The van der Waals surface area contributed by atoms with Gasteiger partial charge < -0.3 is 0 Å². The van der Waals surface area contributed by atoms with Crippen LogP contribution in [0.3, 0.4) is 0 Å². The molecular formula is C13H13ClFN. The largest absolute Gasteiger partial charge is 0.250 e. The second-order valence-electron chi connectivity index (χ2n) is 3.93. The molecule has 1 nitrogen and oxygen atoms in total. The second-order valence-corrected chi connectivity index (χ2v) is 4.31. The number of hydrogen-bond acceptors (Lipinski definition) is 1. The molecule has 3 heteroatoms. The van der Waals surface area contributed by atoms with Gasteiger partial charge in [-0.05, 0) is 37.5 Å². The van der Waals surface area contributed by atoms with Gasteiger partial charge in [0.15, 0.2) is 0 Å². The van der Waals surface area contributed by atoms with Crippen molar-refractivity contribution in [2.75, 3.05) is 0 Å².